The average Bonchev–Trinajstić information content (AvgIpc) is 2.87. The third-order valence-corrected chi connectivity index (χ3v) is 4.27. The van der Waals surface area contributed by atoms with E-state index >= 15 is 0 Å². The number of hydrogen-bond donors (Lipinski definition) is 2. The predicted molar refractivity (Wildman–Crippen MR) is 80.3 cm³/mol. The zero-order valence-corrected chi connectivity index (χ0v) is 12.6. The Morgan fingerprint density at radius 2 is 2.14 bits per heavy atom. The van der Waals surface area contributed by atoms with Crippen LogP contribution in [-0.2, 0) is 11.2 Å². The van der Waals surface area contributed by atoms with Crippen LogP contribution in [0.1, 0.15) is 44.6 Å². The Balaban J connectivity index is 1.84. The molecule has 0 spiro atoms. The normalized spacial score (nSPS) is 18.4. The van der Waals surface area contributed by atoms with Gasteiger partial charge in [-0.25, -0.2) is 4.39 Å². The van der Waals surface area contributed by atoms with E-state index in [0.717, 1.165) is 31.2 Å². The summed E-state index contributed by atoms with van der Waals surface area (Å²) in [6, 6.07) is 6.51. The summed E-state index contributed by atoms with van der Waals surface area (Å²) in [6.07, 6.45) is 4.90. The van der Waals surface area contributed by atoms with Crippen LogP contribution in [0, 0.1) is 11.7 Å². The zero-order chi connectivity index (χ0) is 15.3. The van der Waals surface area contributed by atoms with E-state index in [9.17, 15) is 14.3 Å². The molecule has 1 amide bonds. The highest BCUT2D eigenvalue weighted by Gasteiger charge is 2.34. The highest BCUT2D eigenvalue weighted by Crippen LogP contribution is 2.29. The Morgan fingerprint density at radius 1 is 1.43 bits per heavy atom. The third kappa shape index (κ3) is 4.53. The number of halogens is 1. The lowest BCUT2D eigenvalue weighted by atomic mass is 9.95. The first kappa shape index (κ1) is 16.0. The van der Waals surface area contributed by atoms with Gasteiger partial charge >= 0.3 is 0 Å². The van der Waals surface area contributed by atoms with Crippen LogP contribution in [0.2, 0.25) is 0 Å². The summed E-state index contributed by atoms with van der Waals surface area (Å²) < 4.78 is 13.1. The Hall–Kier alpha value is -1.42. The molecule has 0 saturated heterocycles. The van der Waals surface area contributed by atoms with Crippen LogP contribution in [0.3, 0.4) is 0 Å². The van der Waals surface area contributed by atoms with Crippen molar-refractivity contribution in [2.24, 2.45) is 5.92 Å². The van der Waals surface area contributed by atoms with Crippen LogP contribution >= 0.6 is 0 Å². The summed E-state index contributed by atoms with van der Waals surface area (Å²) in [4.78, 5) is 12.1. The molecule has 1 unspecified atom stereocenters. The number of hydrogen-bond acceptors (Lipinski definition) is 2. The summed E-state index contributed by atoms with van der Waals surface area (Å²) >= 11 is 0. The molecule has 1 aromatic rings. The maximum Gasteiger partial charge on any atom is 0.220 e. The molecule has 0 aromatic heterocycles. The maximum atomic E-state index is 13.1. The highest BCUT2D eigenvalue weighted by atomic mass is 19.1. The minimum atomic E-state index is -0.407. The molecule has 3 nitrogen and oxygen atoms in total. The second-order valence-corrected chi connectivity index (χ2v) is 6.34. The lowest BCUT2D eigenvalue weighted by molar-refractivity contribution is -0.124. The Morgan fingerprint density at radius 3 is 2.76 bits per heavy atom. The molecular formula is C17H24FNO2. The number of nitrogens with one attached hydrogen (secondary N) is 1. The Kier molecular flexibility index (Phi) is 5.34. The molecule has 1 atom stereocenters. The largest absolute Gasteiger partial charge is 0.394 e. The molecule has 0 bridgehead atoms. The lowest BCUT2D eigenvalue weighted by Gasteiger charge is -2.28. The van der Waals surface area contributed by atoms with Gasteiger partial charge in [0.15, 0.2) is 0 Å². The quantitative estimate of drug-likeness (QED) is 0.847. The SMILES string of the molecule is CC(CC(=O)NC1(CO)CCCC1)Cc1cccc(F)c1. The van der Waals surface area contributed by atoms with Gasteiger partial charge in [-0.2, -0.15) is 0 Å². The van der Waals surface area contributed by atoms with E-state index in [1.807, 2.05) is 13.0 Å². The summed E-state index contributed by atoms with van der Waals surface area (Å²) in [7, 11) is 0. The molecule has 1 aliphatic carbocycles. The summed E-state index contributed by atoms with van der Waals surface area (Å²) in [5.74, 6) is -0.117. The van der Waals surface area contributed by atoms with Crippen molar-refractivity contribution < 1.29 is 14.3 Å². The van der Waals surface area contributed by atoms with Gasteiger partial charge in [0.05, 0.1) is 12.1 Å². The van der Waals surface area contributed by atoms with Crippen LogP contribution in [0.15, 0.2) is 24.3 Å². The standard InChI is InChI=1S/C17H24FNO2/c1-13(9-14-5-4-6-15(18)11-14)10-16(21)19-17(12-20)7-2-3-8-17/h4-6,11,13,20H,2-3,7-10,12H2,1H3,(H,19,21). The lowest BCUT2D eigenvalue weighted by Crippen LogP contribution is -2.49. The summed E-state index contributed by atoms with van der Waals surface area (Å²) in [5, 5.41) is 12.5. The second-order valence-electron chi connectivity index (χ2n) is 6.34. The predicted octanol–water partition coefficient (Wildman–Crippen LogP) is 2.82. The number of aliphatic hydroxyl groups excluding tert-OH is 1. The van der Waals surface area contributed by atoms with Crippen molar-refractivity contribution in [3.8, 4) is 0 Å². The fourth-order valence-electron chi connectivity index (χ4n) is 3.18. The van der Waals surface area contributed by atoms with E-state index in [1.165, 1.54) is 12.1 Å². The molecular weight excluding hydrogens is 269 g/mol. The van der Waals surface area contributed by atoms with E-state index in [1.54, 1.807) is 6.07 Å². The molecule has 21 heavy (non-hydrogen) atoms. The topological polar surface area (TPSA) is 49.3 Å². The van der Waals surface area contributed by atoms with Crippen LogP contribution < -0.4 is 5.32 Å². The Bertz CT molecular complexity index is 483. The van der Waals surface area contributed by atoms with Crippen LogP contribution in [-0.4, -0.2) is 23.2 Å². The van der Waals surface area contributed by atoms with Gasteiger partial charge in [0.25, 0.3) is 0 Å². The van der Waals surface area contributed by atoms with Gasteiger partial charge in [0, 0.05) is 6.42 Å². The molecule has 0 radical (unpaired) electrons. The summed E-state index contributed by atoms with van der Waals surface area (Å²) in [5.41, 5.74) is 0.503. The number of rotatable bonds is 6. The molecule has 2 rings (SSSR count). The van der Waals surface area contributed by atoms with E-state index in [4.69, 9.17) is 0 Å². The van der Waals surface area contributed by atoms with Crippen molar-refractivity contribution in [2.45, 2.75) is 51.0 Å². The Labute approximate surface area is 125 Å². The highest BCUT2D eigenvalue weighted by molar-refractivity contribution is 5.77. The summed E-state index contributed by atoms with van der Waals surface area (Å²) in [6.45, 7) is 2.00. The van der Waals surface area contributed by atoms with Crippen LogP contribution in [0.5, 0.6) is 0 Å². The number of benzene rings is 1. The van der Waals surface area contributed by atoms with Gasteiger partial charge in [0.2, 0.25) is 5.91 Å². The number of carbonyl (C=O) groups is 1. The van der Waals surface area contributed by atoms with Crippen molar-refractivity contribution in [3.05, 3.63) is 35.6 Å². The minimum Gasteiger partial charge on any atom is -0.394 e. The molecule has 1 aliphatic rings. The van der Waals surface area contributed by atoms with Gasteiger partial charge in [-0.05, 0) is 42.9 Å². The van der Waals surface area contributed by atoms with Crippen molar-refractivity contribution in [3.63, 3.8) is 0 Å². The van der Waals surface area contributed by atoms with Crippen molar-refractivity contribution in [2.75, 3.05) is 6.61 Å². The van der Waals surface area contributed by atoms with E-state index in [2.05, 4.69) is 5.32 Å². The maximum absolute atomic E-state index is 13.1. The first-order valence-electron chi connectivity index (χ1n) is 7.69. The van der Waals surface area contributed by atoms with Gasteiger partial charge in [-0.1, -0.05) is 31.9 Å². The van der Waals surface area contributed by atoms with E-state index in [0.29, 0.717) is 12.8 Å². The van der Waals surface area contributed by atoms with Gasteiger partial charge in [0.1, 0.15) is 5.82 Å². The fraction of sp³-hybridized carbons (Fsp3) is 0.588. The molecule has 1 fully saturated rings. The molecule has 4 heteroatoms. The third-order valence-electron chi connectivity index (χ3n) is 4.27. The second kappa shape index (κ2) is 7.03. The molecule has 1 aromatic carbocycles. The fourth-order valence-corrected chi connectivity index (χ4v) is 3.18. The first-order valence-corrected chi connectivity index (χ1v) is 7.69. The number of aliphatic hydroxyl groups is 1. The first-order chi connectivity index (χ1) is 10.0. The van der Waals surface area contributed by atoms with Crippen molar-refractivity contribution in [1.82, 2.24) is 5.32 Å². The van der Waals surface area contributed by atoms with E-state index < -0.39 is 5.54 Å². The zero-order valence-electron chi connectivity index (χ0n) is 12.6. The molecule has 0 aliphatic heterocycles. The number of amides is 1. The minimum absolute atomic E-state index is 0.0109. The molecule has 1 saturated carbocycles. The van der Waals surface area contributed by atoms with Crippen LogP contribution in [0.4, 0.5) is 4.39 Å². The van der Waals surface area contributed by atoms with Gasteiger partial charge in [-0.15, -0.1) is 0 Å². The van der Waals surface area contributed by atoms with Gasteiger partial charge in [-0.3, -0.25) is 4.79 Å². The average molecular weight is 293 g/mol. The van der Waals surface area contributed by atoms with Crippen LogP contribution in [0.25, 0.3) is 0 Å². The monoisotopic (exact) mass is 293 g/mol. The van der Waals surface area contributed by atoms with Crippen molar-refractivity contribution in [1.29, 1.82) is 0 Å². The van der Waals surface area contributed by atoms with Gasteiger partial charge < -0.3 is 10.4 Å². The number of carbonyl (C=O) groups excluding carboxylic acids is 1. The van der Waals surface area contributed by atoms with E-state index in [-0.39, 0.29) is 24.2 Å². The molecule has 2 N–H and O–H groups in total. The molecule has 0 heterocycles. The smallest absolute Gasteiger partial charge is 0.220 e. The van der Waals surface area contributed by atoms with Crippen molar-refractivity contribution >= 4 is 5.91 Å². The molecule has 116 valence electrons.